The number of piperazine rings is 1. The summed E-state index contributed by atoms with van der Waals surface area (Å²) in [5, 5.41) is 2.89. The molecule has 1 fully saturated rings. The average Bonchev–Trinajstić information content (AvgIpc) is 2.45. The molecule has 2 amide bonds. The summed E-state index contributed by atoms with van der Waals surface area (Å²) in [5.74, 6) is 0. The highest BCUT2D eigenvalue weighted by molar-refractivity contribution is 9.10. The normalized spacial score (nSPS) is 17.1. The Morgan fingerprint density at radius 2 is 1.78 bits per heavy atom. The number of amides is 2. The fraction of sp³-hybridized carbons (Fsp3) is 0.533. The lowest BCUT2D eigenvalue weighted by atomic mass is 10.1. The number of hydrogen-bond acceptors (Lipinski definition) is 3. The molecule has 1 aromatic carbocycles. The molecule has 6 nitrogen and oxygen atoms in total. The third kappa shape index (κ3) is 4.68. The van der Waals surface area contributed by atoms with Gasteiger partial charge in [0.25, 0.3) is 0 Å². The van der Waals surface area contributed by atoms with Gasteiger partial charge in [0.15, 0.2) is 0 Å². The third-order valence-corrected chi connectivity index (χ3v) is 5.83. The average molecular weight is 404 g/mol. The fourth-order valence-corrected chi connectivity index (χ4v) is 4.33. The monoisotopic (exact) mass is 403 g/mol. The lowest BCUT2D eigenvalue weighted by Crippen LogP contribution is -2.55. The van der Waals surface area contributed by atoms with Crippen LogP contribution in [0.15, 0.2) is 33.6 Å². The number of benzene rings is 1. The van der Waals surface area contributed by atoms with E-state index in [0.717, 1.165) is 4.47 Å². The maximum absolute atomic E-state index is 12.6. The fourth-order valence-electron chi connectivity index (χ4n) is 2.31. The van der Waals surface area contributed by atoms with Gasteiger partial charge in [-0.05, 0) is 39.0 Å². The molecular weight excluding hydrogens is 382 g/mol. The van der Waals surface area contributed by atoms with Crippen molar-refractivity contribution in [1.29, 1.82) is 0 Å². The first-order valence-corrected chi connectivity index (χ1v) is 9.66. The Kier molecular flexibility index (Phi) is 5.37. The molecule has 128 valence electrons. The van der Waals surface area contributed by atoms with E-state index < -0.39 is 10.0 Å². The predicted molar refractivity (Wildman–Crippen MR) is 92.8 cm³/mol. The van der Waals surface area contributed by atoms with Crippen molar-refractivity contribution in [2.24, 2.45) is 0 Å². The second-order valence-corrected chi connectivity index (χ2v) is 9.38. The SMILES string of the molecule is CC(C)(C)NC(=O)N1CCN(S(=O)(=O)c2cccc(Br)c2)CC1. The number of rotatable bonds is 2. The molecule has 0 bridgehead atoms. The van der Waals surface area contributed by atoms with Crippen LogP contribution in [0.5, 0.6) is 0 Å². The van der Waals surface area contributed by atoms with E-state index in [-0.39, 0.29) is 16.5 Å². The topological polar surface area (TPSA) is 69.7 Å². The first-order chi connectivity index (χ1) is 10.6. The number of nitrogens with zero attached hydrogens (tertiary/aromatic N) is 2. The molecule has 0 atom stereocenters. The molecule has 0 aliphatic carbocycles. The zero-order valence-corrected chi connectivity index (χ0v) is 15.9. The second-order valence-electron chi connectivity index (χ2n) is 6.53. The summed E-state index contributed by atoms with van der Waals surface area (Å²) in [6.45, 7) is 7.11. The third-order valence-electron chi connectivity index (χ3n) is 3.44. The van der Waals surface area contributed by atoms with E-state index in [1.807, 2.05) is 20.8 Å². The number of halogens is 1. The maximum Gasteiger partial charge on any atom is 0.317 e. The van der Waals surface area contributed by atoms with Gasteiger partial charge in [-0.2, -0.15) is 4.31 Å². The summed E-state index contributed by atoms with van der Waals surface area (Å²) < 4.78 is 27.4. The molecule has 0 aromatic heterocycles. The van der Waals surface area contributed by atoms with Crippen LogP contribution in [-0.2, 0) is 10.0 Å². The summed E-state index contributed by atoms with van der Waals surface area (Å²) in [4.78, 5) is 14.0. The van der Waals surface area contributed by atoms with Crippen LogP contribution in [0, 0.1) is 0 Å². The first kappa shape index (κ1) is 18.2. The van der Waals surface area contributed by atoms with Crippen molar-refractivity contribution in [3.8, 4) is 0 Å². The van der Waals surface area contributed by atoms with Crippen LogP contribution in [0.3, 0.4) is 0 Å². The van der Waals surface area contributed by atoms with Gasteiger partial charge in [0, 0.05) is 36.2 Å². The van der Waals surface area contributed by atoms with Gasteiger partial charge in [0.1, 0.15) is 0 Å². The van der Waals surface area contributed by atoms with Gasteiger partial charge in [0.2, 0.25) is 10.0 Å². The Balaban J connectivity index is 2.03. The molecule has 1 heterocycles. The number of sulfonamides is 1. The molecule has 1 N–H and O–H groups in total. The van der Waals surface area contributed by atoms with Crippen LogP contribution in [-0.4, -0.2) is 55.4 Å². The minimum atomic E-state index is -3.52. The maximum atomic E-state index is 12.6. The zero-order valence-electron chi connectivity index (χ0n) is 13.5. The summed E-state index contributed by atoms with van der Waals surface area (Å²) in [5.41, 5.74) is -0.309. The van der Waals surface area contributed by atoms with Crippen molar-refractivity contribution in [2.75, 3.05) is 26.2 Å². The molecule has 8 heteroatoms. The molecule has 23 heavy (non-hydrogen) atoms. The van der Waals surface area contributed by atoms with Crippen LogP contribution in [0.25, 0.3) is 0 Å². The summed E-state index contributed by atoms with van der Waals surface area (Å²) in [7, 11) is -3.52. The van der Waals surface area contributed by atoms with Crippen molar-refractivity contribution in [3.63, 3.8) is 0 Å². The molecule has 0 spiro atoms. The van der Waals surface area contributed by atoms with Gasteiger partial charge in [-0.1, -0.05) is 22.0 Å². The van der Waals surface area contributed by atoms with Gasteiger partial charge >= 0.3 is 6.03 Å². The highest BCUT2D eigenvalue weighted by Crippen LogP contribution is 2.21. The molecule has 1 aliphatic heterocycles. The Hall–Kier alpha value is -1.12. The van der Waals surface area contributed by atoms with Gasteiger partial charge in [-0.15, -0.1) is 0 Å². The number of carbonyl (C=O) groups excluding carboxylic acids is 1. The Bertz CT molecular complexity index is 677. The van der Waals surface area contributed by atoms with E-state index in [9.17, 15) is 13.2 Å². The Morgan fingerprint density at radius 1 is 1.17 bits per heavy atom. The minimum Gasteiger partial charge on any atom is -0.333 e. The molecule has 1 aliphatic rings. The van der Waals surface area contributed by atoms with E-state index in [0.29, 0.717) is 26.2 Å². The lowest BCUT2D eigenvalue weighted by molar-refractivity contribution is 0.165. The van der Waals surface area contributed by atoms with E-state index in [2.05, 4.69) is 21.2 Å². The summed E-state index contributed by atoms with van der Waals surface area (Å²) >= 11 is 3.29. The highest BCUT2D eigenvalue weighted by atomic mass is 79.9. The molecule has 1 saturated heterocycles. The smallest absolute Gasteiger partial charge is 0.317 e. The molecular formula is C15H22BrN3O3S. The van der Waals surface area contributed by atoms with Crippen molar-refractivity contribution in [1.82, 2.24) is 14.5 Å². The van der Waals surface area contributed by atoms with E-state index in [1.165, 1.54) is 4.31 Å². The second kappa shape index (κ2) is 6.78. The summed E-state index contributed by atoms with van der Waals surface area (Å²) in [6, 6.07) is 6.50. The standard InChI is InChI=1S/C15H22BrN3O3S/c1-15(2,3)17-14(20)18-7-9-19(10-8-18)23(21,22)13-6-4-5-12(16)11-13/h4-6,11H,7-10H2,1-3H3,(H,17,20). The number of hydrogen-bond donors (Lipinski definition) is 1. The number of carbonyl (C=O) groups is 1. The van der Waals surface area contributed by atoms with E-state index in [1.54, 1.807) is 29.2 Å². The van der Waals surface area contributed by atoms with Gasteiger partial charge in [0.05, 0.1) is 4.90 Å². The van der Waals surface area contributed by atoms with Crippen molar-refractivity contribution in [3.05, 3.63) is 28.7 Å². The van der Waals surface area contributed by atoms with Crippen LogP contribution < -0.4 is 5.32 Å². The van der Waals surface area contributed by atoms with Crippen LogP contribution in [0.4, 0.5) is 4.79 Å². The van der Waals surface area contributed by atoms with E-state index >= 15 is 0 Å². The highest BCUT2D eigenvalue weighted by Gasteiger charge is 2.31. The lowest BCUT2D eigenvalue weighted by Gasteiger charge is -2.35. The summed E-state index contributed by atoms with van der Waals surface area (Å²) in [6.07, 6.45) is 0. The van der Waals surface area contributed by atoms with Gasteiger partial charge < -0.3 is 10.2 Å². The van der Waals surface area contributed by atoms with Crippen LogP contribution in [0.1, 0.15) is 20.8 Å². The Labute approximate surface area is 146 Å². The van der Waals surface area contributed by atoms with Crippen LogP contribution in [0.2, 0.25) is 0 Å². The quantitative estimate of drug-likeness (QED) is 0.822. The van der Waals surface area contributed by atoms with Crippen molar-refractivity contribution in [2.45, 2.75) is 31.2 Å². The zero-order chi connectivity index (χ0) is 17.3. The molecule has 2 rings (SSSR count). The van der Waals surface area contributed by atoms with Crippen molar-refractivity contribution >= 4 is 32.0 Å². The minimum absolute atomic E-state index is 0.156. The van der Waals surface area contributed by atoms with E-state index in [4.69, 9.17) is 0 Å². The molecule has 0 unspecified atom stereocenters. The van der Waals surface area contributed by atoms with Crippen LogP contribution >= 0.6 is 15.9 Å². The number of nitrogens with one attached hydrogen (secondary N) is 1. The molecule has 1 aromatic rings. The molecule has 0 saturated carbocycles. The van der Waals surface area contributed by atoms with Gasteiger partial charge in [-0.25, -0.2) is 13.2 Å². The predicted octanol–water partition coefficient (Wildman–Crippen LogP) is 2.26. The largest absolute Gasteiger partial charge is 0.333 e. The number of urea groups is 1. The Morgan fingerprint density at radius 3 is 2.30 bits per heavy atom. The van der Waals surface area contributed by atoms with Crippen molar-refractivity contribution < 1.29 is 13.2 Å². The molecule has 0 radical (unpaired) electrons. The van der Waals surface area contributed by atoms with Gasteiger partial charge in [-0.3, -0.25) is 0 Å². The first-order valence-electron chi connectivity index (χ1n) is 7.42.